The van der Waals surface area contributed by atoms with Crippen molar-refractivity contribution < 1.29 is 37.3 Å². The minimum Gasteiger partial charge on any atom is -0.478 e. The van der Waals surface area contributed by atoms with Gasteiger partial charge in [0, 0.05) is 53.8 Å². The Morgan fingerprint density at radius 1 is 1.02 bits per heavy atom. The lowest BCUT2D eigenvalue weighted by molar-refractivity contribution is -0.152. The fourth-order valence-electron chi connectivity index (χ4n) is 4.15. The van der Waals surface area contributed by atoms with Crippen LogP contribution in [-0.4, -0.2) is 70.3 Å². The van der Waals surface area contributed by atoms with Crippen LogP contribution < -0.4 is 4.74 Å². The number of thiazole rings is 1. The zero-order valence-corrected chi connectivity index (χ0v) is 25.1. The van der Waals surface area contributed by atoms with Crippen LogP contribution in [0.15, 0.2) is 53.4 Å². The Labute approximate surface area is 250 Å². The van der Waals surface area contributed by atoms with Crippen LogP contribution in [0.4, 0.5) is 18.0 Å². The lowest BCUT2D eigenvalue weighted by Crippen LogP contribution is -2.48. The number of alkyl halides is 3. The minimum atomic E-state index is -4.41. The summed E-state index contributed by atoms with van der Waals surface area (Å²) in [4.78, 5) is 34.1. The zero-order valence-electron chi connectivity index (χ0n) is 23.4. The summed E-state index contributed by atoms with van der Waals surface area (Å²) in [5, 5.41) is 9.93. The molecule has 0 aliphatic carbocycles. The van der Waals surface area contributed by atoms with Gasteiger partial charge in [-0.1, -0.05) is 12.1 Å². The van der Waals surface area contributed by atoms with Crippen molar-refractivity contribution in [3.8, 4) is 16.3 Å². The molecule has 0 radical (unpaired) electrons. The maximum absolute atomic E-state index is 13.1. The number of piperazine rings is 1. The second-order valence-electron chi connectivity index (χ2n) is 10.1. The Morgan fingerprint density at radius 2 is 1.67 bits per heavy atom. The van der Waals surface area contributed by atoms with E-state index in [2.05, 4.69) is 4.90 Å². The number of carboxylic acids is 1. The number of carbonyl (C=O) groups excluding carboxylic acids is 1. The van der Waals surface area contributed by atoms with Crippen molar-refractivity contribution in [2.24, 2.45) is 0 Å². The summed E-state index contributed by atoms with van der Waals surface area (Å²) in [5.41, 5.74) is -0.615. The molecule has 0 spiro atoms. The standard InChI is InChI=1S/C29H32F3N3O5S2/c1-4-39-27(38)35-15-13-34(14-16-35)17-23-24(42-25(33-23)19-5-7-20(8-6-19)29(30,31)32)18-41-22-11-9-21(10-12-22)40-28(2,3)26(36)37/h5-12H,4,13-18H2,1-3H3,(H,36,37). The van der Waals surface area contributed by atoms with E-state index in [4.69, 9.17) is 14.5 Å². The lowest BCUT2D eigenvalue weighted by Gasteiger charge is -2.33. The second-order valence-corrected chi connectivity index (χ2v) is 12.2. The van der Waals surface area contributed by atoms with Crippen LogP contribution in [0.25, 0.3) is 10.6 Å². The van der Waals surface area contributed by atoms with Crippen LogP contribution in [0, 0.1) is 0 Å². The number of hydrogen-bond donors (Lipinski definition) is 1. The van der Waals surface area contributed by atoms with E-state index < -0.39 is 23.3 Å². The van der Waals surface area contributed by atoms with Gasteiger partial charge in [0.25, 0.3) is 0 Å². The van der Waals surface area contributed by atoms with Crippen molar-refractivity contribution in [3.05, 3.63) is 64.7 Å². The van der Waals surface area contributed by atoms with Gasteiger partial charge in [0.05, 0.1) is 17.9 Å². The van der Waals surface area contributed by atoms with Gasteiger partial charge in [0.1, 0.15) is 10.8 Å². The van der Waals surface area contributed by atoms with E-state index in [1.165, 1.54) is 37.3 Å². The van der Waals surface area contributed by atoms with Gasteiger partial charge in [0.2, 0.25) is 0 Å². The van der Waals surface area contributed by atoms with E-state index >= 15 is 0 Å². The molecule has 0 saturated carbocycles. The maximum Gasteiger partial charge on any atom is 0.416 e. The molecule has 1 aromatic heterocycles. The number of halogens is 3. The summed E-state index contributed by atoms with van der Waals surface area (Å²) in [6, 6.07) is 12.2. The highest BCUT2D eigenvalue weighted by Gasteiger charge is 2.31. The first kappa shape index (κ1) is 31.6. The van der Waals surface area contributed by atoms with E-state index in [1.807, 2.05) is 12.1 Å². The first-order chi connectivity index (χ1) is 19.9. The molecule has 13 heteroatoms. The predicted molar refractivity (Wildman–Crippen MR) is 155 cm³/mol. The highest BCUT2D eigenvalue weighted by Crippen LogP contribution is 2.36. The maximum atomic E-state index is 13.1. The Bertz CT molecular complexity index is 1370. The van der Waals surface area contributed by atoms with Crippen LogP contribution in [0.2, 0.25) is 0 Å². The highest BCUT2D eigenvalue weighted by atomic mass is 32.2. The second kappa shape index (κ2) is 13.3. The molecule has 1 aliphatic rings. The summed E-state index contributed by atoms with van der Waals surface area (Å²) in [5.74, 6) is -0.0429. The third-order valence-electron chi connectivity index (χ3n) is 6.59. The van der Waals surface area contributed by atoms with Gasteiger partial charge < -0.3 is 19.5 Å². The number of benzene rings is 2. The van der Waals surface area contributed by atoms with E-state index in [0.29, 0.717) is 61.4 Å². The largest absolute Gasteiger partial charge is 0.478 e. The first-order valence-electron chi connectivity index (χ1n) is 13.3. The van der Waals surface area contributed by atoms with Crippen molar-refractivity contribution >= 4 is 35.2 Å². The van der Waals surface area contributed by atoms with Crippen molar-refractivity contribution in [1.82, 2.24) is 14.8 Å². The summed E-state index contributed by atoms with van der Waals surface area (Å²) < 4.78 is 49.9. The summed E-state index contributed by atoms with van der Waals surface area (Å²) in [6.07, 6.45) is -4.74. The average molecular weight is 624 g/mol. The molecule has 1 N–H and O–H groups in total. The Morgan fingerprint density at radius 3 is 2.24 bits per heavy atom. The van der Waals surface area contributed by atoms with Crippen molar-refractivity contribution in [3.63, 3.8) is 0 Å². The number of aromatic nitrogens is 1. The number of aliphatic carboxylic acids is 1. The quantitative estimate of drug-likeness (QED) is 0.252. The van der Waals surface area contributed by atoms with Crippen LogP contribution >= 0.6 is 23.1 Å². The van der Waals surface area contributed by atoms with Crippen LogP contribution in [0.3, 0.4) is 0 Å². The molecule has 8 nitrogen and oxygen atoms in total. The minimum absolute atomic E-state index is 0.321. The molecule has 4 rings (SSSR count). The molecule has 3 aromatic rings. The molecule has 42 heavy (non-hydrogen) atoms. The van der Waals surface area contributed by atoms with Gasteiger partial charge in [-0.15, -0.1) is 23.1 Å². The average Bonchev–Trinajstić information content (AvgIpc) is 3.35. The van der Waals surface area contributed by atoms with Gasteiger partial charge in [-0.2, -0.15) is 13.2 Å². The number of hydrogen-bond acceptors (Lipinski definition) is 8. The van der Waals surface area contributed by atoms with Crippen LogP contribution in [-0.2, 0) is 28.0 Å². The van der Waals surface area contributed by atoms with Crippen molar-refractivity contribution in [1.29, 1.82) is 0 Å². The fraction of sp³-hybridized carbons (Fsp3) is 0.414. The normalized spacial score (nSPS) is 14.6. The van der Waals surface area contributed by atoms with E-state index in [9.17, 15) is 27.9 Å². The SMILES string of the molecule is CCOC(=O)N1CCN(Cc2nc(-c3ccc(C(F)(F)F)cc3)sc2CSc2ccc(OC(C)(C)C(=O)O)cc2)CC1. The topological polar surface area (TPSA) is 92.2 Å². The number of amides is 1. The Kier molecular flexibility index (Phi) is 10.1. The Hall–Kier alpha value is -3.29. The molecule has 0 bridgehead atoms. The van der Waals surface area contributed by atoms with E-state index in [1.54, 1.807) is 35.7 Å². The molecule has 0 atom stereocenters. The van der Waals surface area contributed by atoms with E-state index in [-0.39, 0.29) is 6.09 Å². The predicted octanol–water partition coefficient (Wildman–Crippen LogP) is 6.64. The molecule has 226 valence electrons. The number of thioether (sulfide) groups is 1. The lowest BCUT2D eigenvalue weighted by atomic mass is 10.1. The summed E-state index contributed by atoms with van der Waals surface area (Å²) in [6.45, 7) is 7.95. The van der Waals surface area contributed by atoms with Gasteiger partial charge in [-0.05, 0) is 57.2 Å². The molecule has 1 aliphatic heterocycles. The van der Waals surface area contributed by atoms with E-state index in [0.717, 1.165) is 27.6 Å². The molecule has 1 amide bonds. The molecular weight excluding hydrogens is 591 g/mol. The molecule has 2 aromatic carbocycles. The van der Waals surface area contributed by atoms with Crippen LogP contribution in [0.5, 0.6) is 5.75 Å². The van der Waals surface area contributed by atoms with Gasteiger partial charge in [0.15, 0.2) is 5.60 Å². The number of nitrogens with zero attached hydrogens (tertiary/aromatic N) is 3. The molecule has 0 unspecified atom stereocenters. The van der Waals surface area contributed by atoms with Gasteiger partial charge >= 0.3 is 18.2 Å². The number of ether oxygens (including phenoxy) is 2. The number of carbonyl (C=O) groups is 2. The summed E-state index contributed by atoms with van der Waals surface area (Å²) >= 11 is 3.01. The van der Waals surface area contributed by atoms with Gasteiger partial charge in [-0.3, -0.25) is 4.90 Å². The fourth-order valence-corrected chi connectivity index (χ4v) is 6.23. The monoisotopic (exact) mass is 623 g/mol. The number of carboxylic acid groups (broad SMARTS) is 1. The summed E-state index contributed by atoms with van der Waals surface area (Å²) in [7, 11) is 0. The van der Waals surface area contributed by atoms with Gasteiger partial charge in [-0.25, -0.2) is 14.6 Å². The van der Waals surface area contributed by atoms with Crippen molar-refractivity contribution in [2.75, 3.05) is 32.8 Å². The molecule has 1 fully saturated rings. The highest BCUT2D eigenvalue weighted by molar-refractivity contribution is 7.98. The van der Waals surface area contributed by atoms with Crippen LogP contribution in [0.1, 0.15) is 36.9 Å². The molecule has 2 heterocycles. The third kappa shape index (κ3) is 8.17. The Balaban J connectivity index is 1.49. The number of rotatable bonds is 10. The molecule has 1 saturated heterocycles. The zero-order chi connectivity index (χ0) is 30.5. The molecular formula is C29H32F3N3O5S2. The van der Waals surface area contributed by atoms with Crippen molar-refractivity contribution in [2.45, 2.75) is 49.7 Å². The third-order valence-corrected chi connectivity index (χ3v) is 8.96. The smallest absolute Gasteiger partial charge is 0.416 e. The first-order valence-corrected chi connectivity index (χ1v) is 15.1.